The molecule has 3 rings (SSSR count). The first-order valence-electron chi connectivity index (χ1n) is 7.10. The second-order valence-electron chi connectivity index (χ2n) is 5.80. The van der Waals surface area contributed by atoms with Gasteiger partial charge in [-0.15, -0.1) is 0 Å². The van der Waals surface area contributed by atoms with Crippen LogP contribution in [0.1, 0.15) is 12.0 Å². The maximum atomic E-state index is 12.4. The van der Waals surface area contributed by atoms with Gasteiger partial charge in [-0.05, 0) is 36.0 Å². The van der Waals surface area contributed by atoms with E-state index in [4.69, 9.17) is 23.2 Å². The molecule has 116 valence electrons. The molecule has 1 saturated carbocycles. The van der Waals surface area contributed by atoms with Gasteiger partial charge in [0.15, 0.2) is 0 Å². The lowest BCUT2D eigenvalue weighted by molar-refractivity contribution is -0.147. The Bertz CT molecular complexity index is 659. The fourth-order valence-corrected chi connectivity index (χ4v) is 3.79. The van der Waals surface area contributed by atoms with Crippen molar-refractivity contribution in [2.45, 2.75) is 13.0 Å². The third kappa shape index (κ3) is 2.73. The van der Waals surface area contributed by atoms with Crippen molar-refractivity contribution in [2.24, 2.45) is 23.7 Å². The molecule has 2 bridgehead atoms. The van der Waals surface area contributed by atoms with Crippen LogP contribution in [0.3, 0.4) is 0 Å². The highest BCUT2D eigenvalue weighted by Crippen LogP contribution is 2.48. The van der Waals surface area contributed by atoms with Crippen LogP contribution in [0.2, 0.25) is 10.0 Å². The maximum absolute atomic E-state index is 12.4. The molecule has 6 heteroatoms. The maximum Gasteiger partial charge on any atom is 0.307 e. The normalized spacial score (nSPS) is 28.8. The molecule has 0 spiro atoms. The summed E-state index contributed by atoms with van der Waals surface area (Å²) < 4.78 is 0. The lowest BCUT2D eigenvalue weighted by Crippen LogP contribution is -2.39. The van der Waals surface area contributed by atoms with Gasteiger partial charge in [0.25, 0.3) is 0 Å². The number of hydrogen-bond donors (Lipinski definition) is 2. The largest absolute Gasteiger partial charge is 0.481 e. The van der Waals surface area contributed by atoms with Crippen LogP contribution in [0, 0.1) is 23.7 Å². The second-order valence-corrected chi connectivity index (χ2v) is 6.62. The first-order valence-corrected chi connectivity index (χ1v) is 7.85. The summed E-state index contributed by atoms with van der Waals surface area (Å²) in [5.74, 6) is -2.22. The number of allylic oxidation sites excluding steroid dienone is 2. The zero-order valence-electron chi connectivity index (χ0n) is 11.6. The Morgan fingerprint density at radius 2 is 1.82 bits per heavy atom. The lowest BCUT2D eigenvalue weighted by Gasteiger charge is -2.23. The molecule has 2 N–H and O–H groups in total. The smallest absolute Gasteiger partial charge is 0.307 e. The Kier molecular flexibility index (Phi) is 4.15. The van der Waals surface area contributed by atoms with E-state index < -0.39 is 17.8 Å². The van der Waals surface area contributed by atoms with Crippen LogP contribution in [0.5, 0.6) is 0 Å². The number of carboxylic acid groups (broad SMARTS) is 1. The van der Waals surface area contributed by atoms with Crippen LogP contribution in [0.15, 0.2) is 30.4 Å². The molecule has 2 aliphatic rings. The molecule has 0 radical (unpaired) electrons. The summed E-state index contributed by atoms with van der Waals surface area (Å²) in [7, 11) is 0. The van der Waals surface area contributed by atoms with Crippen LogP contribution in [-0.4, -0.2) is 17.0 Å². The predicted octanol–water partition coefficient (Wildman–Crippen LogP) is 3.13. The van der Waals surface area contributed by atoms with Crippen molar-refractivity contribution in [3.8, 4) is 0 Å². The Morgan fingerprint density at radius 3 is 2.45 bits per heavy atom. The van der Waals surface area contributed by atoms with Gasteiger partial charge in [-0.25, -0.2) is 0 Å². The van der Waals surface area contributed by atoms with E-state index in [0.717, 1.165) is 12.0 Å². The molecule has 1 aromatic rings. The van der Waals surface area contributed by atoms with Gasteiger partial charge < -0.3 is 10.4 Å². The number of carboxylic acids is 1. The zero-order valence-corrected chi connectivity index (χ0v) is 13.1. The molecule has 4 atom stereocenters. The quantitative estimate of drug-likeness (QED) is 0.828. The van der Waals surface area contributed by atoms with Gasteiger partial charge in [-0.3, -0.25) is 9.59 Å². The topological polar surface area (TPSA) is 66.4 Å². The van der Waals surface area contributed by atoms with E-state index in [1.165, 1.54) is 0 Å². The van der Waals surface area contributed by atoms with Crippen LogP contribution >= 0.6 is 23.2 Å². The first kappa shape index (κ1) is 15.4. The van der Waals surface area contributed by atoms with E-state index in [-0.39, 0.29) is 17.7 Å². The number of nitrogens with one attached hydrogen (secondary N) is 1. The summed E-state index contributed by atoms with van der Waals surface area (Å²) in [6.45, 7) is 0.305. The predicted molar refractivity (Wildman–Crippen MR) is 83.7 cm³/mol. The molecule has 0 unspecified atom stereocenters. The summed E-state index contributed by atoms with van der Waals surface area (Å²) in [4.78, 5) is 23.8. The monoisotopic (exact) mass is 339 g/mol. The highest BCUT2D eigenvalue weighted by atomic mass is 35.5. The standard InChI is InChI=1S/C16H15Cl2NO3/c17-11-4-1-8(5-12(11)18)7-19-15(20)13-9-2-3-10(6-9)14(13)16(21)22/h1-5,9-10,13-14H,6-7H2,(H,19,20)(H,21,22)/t9-,10-,13-,14-/m0/s1. The summed E-state index contributed by atoms with van der Waals surface area (Å²) in [5, 5.41) is 13.1. The molecule has 2 aliphatic carbocycles. The van der Waals surface area contributed by atoms with E-state index in [1.807, 2.05) is 12.2 Å². The van der Waals surface area contributed by atoms with Crippen molar-refractivity contribution in [3.63, 3.8) is 0 Å². The average molecular weight is 340 g/mol. The van der Waals surface area contributed by atoms with Crippen molar-refractivity contribution < 1.29 is 14.7 Å². The Labute approximate surface area is 138 Å². The molecule has 22 heavy (non-hydrogen) atoms. The van der Waals surface area contributed by atoms with E-state index in [2.05, 4.69) is 5.32 Å². The van der Waals surface area contributed by atoms with Gasteiger partial charge in [-0.2, -0.15) is 0 Å². The Balaban J connectivity index is 1.68. The number of aliphatic carboxylic acids is 1. The molecule has 0 aliphatic heterocycles. The minimum atomic E-state index is -0.897. The van der Waals surface area contributed by atoms with E-state index in [1.54, 1.807) is 18.2 Å². The minimum Gasteiger partial charge on any atom is -0.481 e. The number of amides is 1. The van der Waals surface area contributed by atoms with E-state index in [9.17, 15) is 14.7 Å². The van der Waals surface area contributed by atoms with Crippen LogP contribution in [0.4, 0.5) is 0 Å². The Morgan fingerprint density at radius 1 is 1.14 bits per heavy atom. The van der Waals surface area contributed by atoms with Crippen molar-refractivity contribution in [1.82, 2.24) is 5.32 Å². The molecular formula is C16H15Cl2NO3. The second kappa shape index (κ2) is 5.94. The van der Waals surface area contributed by atoms with Gasteiger partial charge in [-0.1, -0.05) is 41.4 Å². The third-order valence-electron chi connectivity index (χ3n) is 4.50. The number of halogens is 2. The molecule has 0 saturated heterocycles. The zero-order chi connectivity index (χ0) is 15.9. The SMILES string of the molecule is O=C(O)[C@@H]1[C@@H](C(=O)NCc2ccc(Cl)c(Cl)c2)[C@H]2C=C[C@H]1C2. The molecule has 1 aromatic carbocycles. The average Bonchev–Trinajstić information content (AvgIpc) is 3.08. The van der Waals surface area contributed by atoms with Crippen LogP contribution < -0.4 is 5.32 Å². The van der Waals surface area contributed by atoms with Crippen LogP contribution in [0.25, 0.3) is 0 Å². The van der Waals surface area contributed by atoms with Gasteiger partial charge in [0.2, 0.25) is 5.91 Å². The highest BCUT2D eigenvalue weighted by molar-refractivity contribution is 6.42. The number of carbonyl (C=O) groups is 2. The lowest BCUT2D eigenvalue weighted by atomic mass is 9.82. The summed E-state index contributed by atoms with van der Waals surface area (Å²) >= 11 is 11.8. The number of benzene rings is 1. The van der Waals surface area contributed by atoms with Crippen molar-refractivity contribution in [2.75, 3.05) is 0 Å². The molecule has 1 fully saturated rings. The molecule has 1 amide bonds. The molecule has 0 heterocycles. The van der Waals surface area contributed by atoms with E-state index >= 15 is 0 Å². The Hall–Kier alpha value is -1.52. The highest BCUT2D eigenvalue weighted by Gasteiger charge is 2.51. The van der Waals surface area contributed by atoms with Gasteiger partial charge in [0, 0.05) is 6.54 Å². The van der Waals surface area contributed by atoms with Gasteiger partial charge >= 0.3 is 5.97 Å². The van der Waals surface area contributed by atoms with Crippen molar-refractivity contribution >= 4 is 35.1 Å². The third-order valence-corrected chi connectivity index (χ3v) is 5.24. The van der Waals surface area contributed by atoms with Crippen molar-refractivity contribution in [3.05, 3.63) is 46.0 Å². The van der Waals surface area contributed by atoms with E-state index in [0.29, 0.717) is 16.6 Å². The summed E-state index contributed by atoms with van der Waals surface area (Å²) in [5.41, 5.74) is 0.827. The van der Waals surface area contributed by atoms with Crippen molar-refractivity contribution in [1.29, 1.82) is 0 Å². The van der Waals surface area contributed by atoms with Gasteiger partial charge in [0.05, 0.1) is 21.9 Å². The molecule has 4 nitrogen and oxygen atoms in total. The fourth-order valence-electron chi connectivity index (χ4n) is 3.47. The fraction of sp³-hybridized carbons (Fsp3) is 0.375. The molecular weight excluding hydrogens is 325 g/mol. The number of carbonyl (C=O) groups excluding carboxylic acids is 1. The van der Waals surface area contributed by atoms with Gasteiger partial charge in [0.1, 0.15) is 0 Å². The number of rotatable bonds is 4. The first-order chi connectivity index (χ1) is 10.5. The minimum absolute atomic E-state index is 0.0248. The summed E-state index contributed by atoms with van der Waals surface area (Å²) in [6, 6.07) is 5.15. The van der Waals surface area contributed by atoms with Crippen LogP contribution in [-0.2, 0) is 16.1 Å². The number of fused-ring (bicyclic) bond motifs is 2. The summed E-state index contributed by atoms with van der Waals surface area (Å²) in [6.07, 6.45) is 4.64. The number of hydrogen-bond acceptors (Lipinski definition) is 2. The molecule has 0 aromatic heterocycles.